The second kappa shape index (κ2) is 9.13. The zero-order valence-corrected chi connectivity index (χ0v) is 17.9. The molecule has 2 aromatic carbocycles. The Bertz CT molecular complexity index is 1160. The van der Waals surface area contributed by atoms with Crippen LogP contribution in [0.25, 0.3) is 0 Å². The molecule has 0 saturated heterocycles. The summed E-state index contributed by atoms with van der Waals surface area (Å²) in [4.78, 5) is 17.3. The van der Waals surface area contributed by atoms with Crippen LogP contribution in [0.5, 0.6) is 11.5 Å². The first-order valence-electron chi connectivity index (χ1n) is 9.11. The molecule has 164 valence electrons. The molecular weight excluding hydrogens is 427 g/mol. The first-order chi connectivity index (χ1) is 14.7. The van der Waals surface area contributed by atoms with Crippen molar-refractivity contribution in [2.24, 2.45) is 9.39 Å². The molecule has 2 aromatic rings. The summed E-state index contributed by atoms with van der Waals surface area (Å²) in [5, 5.41) is 2.85. The van der Waals surface area contributed by atoms with Crippen LogP contribution >= 0.6 is 0 Å². The van der Waals surface area contributed by atoms with Crippen LogP contribution in [0.4, 0.5) is 4.39 Å². The van der Waals surface area contributed by atoms with Gasteiger partial charge in [0.15, 0.2) is 18.2 Å². The minimum atomic E-state index is -3.83. The number of nitrogens with zero attached hydrogens (tertiary/aromatic N) is 3. The number of aliphatic imine (C=N–C) groups is 1. The number of likely N-dealkylation sites (N-methyl/N-ethyl adjacent to an activating group) is 1. The van der Waals surface area contributed by atoms with E-state index >= 15 is 0 Å². The molecule has 0 aromatic heterocycles. The summed E-state index contributed by atoms with van der Waals surface area (Å²) in [5.74, 6) is -0.162. The number of amidine groups is 1. The molecule has 0 atom stereocenters. The summed E-state index contributed by atoms with van der Waals surface area (Å²) in [5.41, 5.74) is 0.941. The average Bonchev–Trinajstić information content (AvgIpc) is 2.99. The summed E-state index contributed by atoms with van der Waals surface area (Å²) >= 11 is 0. The molecule has 0 saturated carbocycles. The Morgan fingerprint density at radius 2 is 2.03 bits per heavy atom. The molecule has 0 aliphatic carbocycles. The highest BCUT2D eigenvalue weighted by Crippen LogP contribution is 2.29. The van der Waals surface area contributed by atoms with Gasteiger partial charge in [-0.25, -0.2) is 4.39 Å². The Labute approximate surface area is 179 Å². The van der Waals surface area contributed by atoms with Crippen molar-refractivity contribution in [2.45, 2.75) is 4.90 Å². The topological polar surface area (TPSA) is 110 Å². The van der Waals surface area contributed by atoms with Gasteiger partial charge in [0.05, 0.1) is 7.11 Å². The van der Waals surface area contributed by atoms with Crippen LogP contribution in [0, 0.1) is 5.82 Å². The second-order valence-corrected chi connectivity index (χ2v) is 8.26. The number of amides is 1. The molecule has 0 spiro atoms. The largest absolute Gasteiger partial charge is 0.494 e. The first kappa shape index (κ1) is 22.2. The van der Waals surface area contributed by atoms with Crippen LogP contribution < -0.4 is 14.8 Å². The summed E-state index contributed by atoms with van der Waals surface area (Å²) in [6, 6.07) is 8.64. The maximum absolute atomic E-state index is 13.5. The number of sulfonamides is 1. The highest BCUT2D eigenvalue weighted by atomic mass is 32.2. The molecular formula is C20H21FN4O5S. The van der Waals surface area contributed by atoms with Crippen LogP contribution in [-0.4, -0.2) is 65.8 Å². The van der Waals surface area contributed by atoms with Crippen molar-refractivity contribution in [2.75, 3.05) is 34.5 Å². The minimum absolute atomic E-state index is 0.0255. The molecule has 1 N–H and O–H groups in total. The molecule has 9 nitrogen and oxygen atoms in total. The molecule has 0 radical (unpaired) electrons. The van der Waals surface area contributed by atoms with Gasteiger partial charge >= 0.3 is 0 Å². The first-order valence-corrected chi connectivity index (χ1v) is 10.5. The van der Waals surface area contributed by atoms with Crippen LogP contribution in [0.3, 0.4) is 0 Å². The standard InChI is InChI=1S/C20H21FN4O5S/c1-25(2)19(26)11-30-14-5-7-18-15(9-14)20(24-31(18,27)28)23-12-22-10-13-4-6-16(21)17(8-13)29-3/h4-10H,11-12H2,1-3H3,(H,23,24)/b22-10+. The SMILES string of the molecule is COc1cc(/C=N/CNC2=NS(=O)(=O)c3ccc(OCC(=O)N(C)C)cc32)ccc1F. The van der Waals surface area contributed by atoms with Crippen LogP contribution in [0.15, 0.2) is 50.7 Å². The van der Waals surface area contributed by atoms with E-state index in [1.807, 2.05) is 0 Å². The van der Waals surface area contributed by atoms with Crippen molar-refractivity contribution in [3.8, 4) is 11.5 Å². The lowest BCUT2D eigenvalue weighted by molar-refractivity contribution is -0.130. The Kier molecular flexibility index (Phi) is 6.54. The van der Waals surface area contributed by atoms with Crippen molar-refractivity contribution in [1.29, 1.82) is 0 Å². The fourth-order valence-corrected chi connectivity index (χ4v) is 3.83. The van der Waals surface area contributed by atoms with Gasteiger partial charge in [0.25, 0.3) is 15.9 Å². The number of hydrogen-bond acceptors (Lipinski definition) is 7. The van der Waals surface area contributed by atoms with Crippen molar-refractivity contribution in [1.82, 2.24) is 10.2 Å². The number of halogens is 1. The zero-order valence-electron chi connectivity index (χ0n) is 17.1. The van der Waals surface area contributed by atoms with Crippen LogP contribution in [-0.2, 0) is 14.8 Å². The number of benzene rings is 2. The lowest BCUT2D eigenvalue weighted by atomic mass is 10.2. The number of ether oxygens (including phenoxy) is 2. The normalized spacial score (nSPS) is 14.1. The molecule has 1 aliphatic rings. The van der Waals surface area contributed by atoms with E-state index in [0.29, 0.717) is 16.9 Å². The van der Waals surface area contributed by atoms with Crippen LogP contribution in [0.2, 0.25) is 0 Å². The van der Waals surface area contributed by atoms with E-state index in [4.69, 9.17) is 9.47 Å². The summed E-state index contributed by atoms with van der Waals surface area (Å²) < 4.78 is 52.1. The fourth-order valence-electron chi connectivity index (χ4n) is 2.66. The number of nitrogens with one attached hydrogen (secondary N) is 1. The molecule has 3 rings (SSSR count). The van der Waals surface area contributed by atoms with Gasteiger partial charge in [-0.2, -0.15) is 8.42 Å². The van der Waals surface area contributed by atoms with Crippen molar-refractivity contribution < 1.29 is 27.1 Å². The van der Waals surface area contributed by atoms with Gasteiger partial charge < -0.3 is 19.7 Å². The average molecular weight is 448 g/mol. The van der Waals surface area contributed by atoms with Gasteiger partial charge in [-0.05, 0) is 35.9 Å². The van der Waals surface area contributed by atoms with E-state index in [1.54, 1.807) is 14.1 Å². The summed E-state index contributed by atoms with van der Waals surface area (Å²) in [6.07, 6.45) is 1.49. The Balaban J connectivity index is 1.70. The van der Waals surface area contributed by atoms with Gasteiger partial charge in [-0.15, -0.1) is 4.40 Å². The summed E-state index contributed by atoms with van der Waals surface area (Å²) in [7, 11) is 0.750. The molecule has 0 unspecified atom stereocenters. The third-order valence-electron chi connectivity index (χ3n) is 4.31. The number of hydrogen-bond donors (Lipinski definition) is 1. The summed E-state index contributed by atoms with van der Waals surface area (Å²) in [6.45, 7) is -0.151. The molecule has 0 bridgehead atoms. The number of methoxy groups -OCH3 is 1. The highest BCUT2D eigenvalue weighted by molar-refractivity contribution is 7.90. The minimum Gasteiger partial charge on any atom is -0.494 e. The number of carbonyl (C=O) groups excluding carboxylic acids is 1. The van der Waals surface area contributed by atoms with Crippen LogP contribution in [0.1, 0.15) is 11.1 Å². The van der Waals surface area contributed by atoms with Crippen molar-refractivity contribution >= 4 is 28.0 Å². The number of fused-ring (bicyclic) bond motifs is 1. The van der Waals surface area contributed by atoms with E-state index in [-0.39, 0.29) is 35.7 Å². The second-order valence-electron chi connectivity index (χ2n) is 6.69. The Hall–Kier alpha value is -3.47. The maximum Gasteiger partial charge on any atom is 0.285 e. The predicted octanol–water partition coefficient (Wildman–Crippen LogP) is 1.42. The van der Waals surface area contributed by atoms with E-state index in [0.717, 1.165) is 0 Å². The molecule has 1 amide bonds. The third-order valence-corrected chi connectivity index (χ3v) is 5.64. The Morgan fingerprint density at radius 3 is 2.74 bits per heavy atom. The van der Waals surface area contributed by atoms with Gasteiger partial charge in [0.2, 0.25) is 0 Å². The quantitative estimate of drug-likeness (QED) is 0.642. The fraction of sp³-hybridized carbons (Fsp3) is 0.250. The molecule has 1 aliphatic heterocycles. The van der Waals surface area contributed by atoms with E-state index in [2.05, 4.69) is 14.7 Å². The number of rotatable bonds is 7. The third kappa shape index (κ3) is 5.18. The monoisotopic (exact) mass is 448 g/mol. The lowest BCUT2D eigenvalue weighted by Gasteiger charge is -2.12. The predicted molar refractivity (Wildman–Crippen MR) is 113 cm³/mol. The zero-order chi connectivity index (χ0) is 22.6. The van der Waals surface area contributed by atoms with E-state index in [1.165, 1.54) is 54.6 Å². The van der Waals surface area contributed by atoms with Gasteiger partial charge in [-0.3, -0.25) is 9.79 Å². The van der Waals surface area contributed by atoms with Gasteiger partial charge in [-0.1, -0.05) is 6.07 Å². The lowest BCUT2D eigenvalue weighted by Crippen LogP contribution is -2.27. The van der Waals surface area contributed by atoms with Gasteiger partial charge in [0, 0.05) is 25.9 Å². The van der Waals surface area contributed by atoms with Gasteiger partial charge in [0.1, 0.15) is 23.1 Å². The smallest absolute Gasteiger partial charge is 0.285 e. The molecule has 11 heteroatoms. The van der Waals surface area contributed by atoms with E-state index in [9.17, 15) is 17.6 Å². The van der Waals surface area contributed by atoms with E-state index < -0.39 is 15.8 Å². The Morgan fingerprint density at radius 1 is 1.26 bits per heavy atom. The molecule has 31 heavy (non-hydrogen) atoms. The van der Waals surface area contributed by atoms with Crippen molar-refractivity contribution in [3.63, 3.8) is 0 Å². The van der Waals surface area contributed by atoms with Crippen molar-refractivity contribution in [3.05, 3.63) is 53.3 Å². The maximum atomic E-state index is 13.5. The highest BCUT2D eigenvalue weighted by Gasteiger charge is 2.29. The molecule has 0 fully saturated rings. The molecule has 1 heterocycles. The number of carbonyl (C=O) groups is 1.